The summed E-state index contributed by atoms with van der Waals surface area (Å²) in [4.78, 5) is 15.3. The van der Waals surface area contributed by atoms with Crippen LogP contribution in [-0.4, -0.2) is 23.2 Å². The second kappa shape index (κ2) is 4.97. The molecule has 2 aromatic rings. The van der Waals surface area contributed by atoms with Gasteiger partial charge < -0.3 is 9.26 Å². The maximum absolute atomic E-state index is 11.2. The van der Waals surface area contributed by atoms with Crippen LogP contribution in [0.5, 0.6) is 0 Å². The highest BCUT2D eigenvalue weighted by Gasteiger charge is 2.09. The molecule has 0 saturated heterocycles. The molecule has 0 aliphatic rings. The van der Waals surface area contributed by atoms with E-state index in [4.69, 9.17) is 16.1 Å². The number of rotatable bonds is 3. The lowest BCUT2D eigenvalue weighted by molar-refractivity contribution is 0.0601. The van der Waals surface area contributed by atoms with Crippen molar-refractivity contribution in [3.8, 4) is 11.5 Å². The molecule has 88 valence electrons. The number of nitrogens with zero attached hydrogens (tertiary/aromatic N) is 2. The minimum absolute atomic E-state index is 0.198. The molecule has 0 atom stereocenters. The summed E-state index contributed by atoms with van der Waals surface area (Å²) in [6.45, 7) is 0. The molecule has 0 radical (unpaired) electrons. The number of halogens is 1. The van der Waals surface area contributed by atoms with Crippen molar-refractivity contribution >= 4 is 17.6 Å². The second-order valence-corrected chi connectivity index (χ2v) is 3.49. The number of aromatic nitrogens is 2. The number of carbonyl (C=O) groups excluding carboxylic acids is 1. The quantitative estimate of drug-likeness (QED) is 0.619. The minimum Gasteiger partial charge on any atom is -0.465 e. The monoisotopic (exact) mass is 252 g/mol. The van der Waals surface area contributed by atoms with Crippen LogP contribution >= 0.6 is 11.6 Å². The Hall–Kier alpha value is -1.88. The topological polar surface area (TPSA) is 65.2 Å². The van der Waals surface area contributed by atoms with Gasteiger partial charge in [-0.15, -0.1) is 11.6 Å². The first-order valence-electron chi connectivity index (χ1n) is 4.82. The molecule has 0 aliphatic carbocycles. The van der Waals surface area contributed by atoms with Crippen molar-refractivity contribution in [3.05, 3.63) is 35.7 Å². The van der Waals surface area contributed by atoms with Crippen LogP contribution in [0.4, 0.5) is 0 Å². The molecule has 1 aromatic carbocycles. The molecule has 1 aromatic heterocycles. The van der Waals surface area contributed by atoms with E-state index in [1.165, 1.54) is 7.11 Å². The fourth-order valence-corrected chi connectivity index (χ4v) is 1.40. The van der Waals surface area contributed by atoms with Crippen molar-refractivity contribution in [2.24, 2.45) is 0 Å². The van der Waals surface area contributed by atoms with E-state index < -0.39 is 0 Å². The van der Waals surface area contributed by atoms with Crippen molar-refractivity contribution in [1.29, 1.82) is 0 Å². The predicted octanol–water partition coefficient (Wildman–Crippen LogP) is 2.26. The van der Waals surface area contributed by atoms with Crippen LogP contribution in [0.3, 0.4) is 0 Å². The van der Waals surface area contributed by atoms with Gasteiger partial charge in [0.25, 0.3) is 5.89 Å². The Labute approximate surface area is 102 Å². The van der Waals surface area contributed by atoms with Crippen molar-refractivity contribution in [2.75, 3.05) is 7.11 Å². The molecule has 6 heteroatoms. The van der Waals surface area contributed by atoms with Gasteiger partial charge in [-0.1, -0.05) is 5.16 Å². The molecule has 17 heavy (non-hydrogen) atoms. The van der Waals surface area contributed by atoms with Crippen LogP contribution in [0.1, 0.15) is 16.2 Å². The van der Waals surface area contributed by atoms with Gasteiger partial charge in [-0.25, -0.2) is 4.79 Å². The number of methoxy groups -OCH3 is 1. The van der Waals surface area contributed by atoms with Gasteiger partial charge in [0.15, 0.2) is 5.82 Å². The van der Waals surface area contributed by atoms with Crippen LogP contribution in [0.2, 0.25) is 0 Å². The van der Waals surface area contributed by atoms with Crippen molar-refractivity contribution in [3.63, 3.8) is 0 Å². The molecule has 0 unspecified atom stereocenters. The summed E-state index contributed by atoms with van der Waals surface area (Å²) in [5.41, 5.74) is 1.19. The minimum atomic E-state index is -0.386. The summed E-state index contributed by atoms with van der Waals surface area (Å²) in [6.07, 6.45) is 0. The lowest BCUT2D eigenvalue weighted by atomic mass is 10.1. The van der Waals surface area contributed by atoms with Crippen LogP contribution in [0.15, 0.2) is 28.8 Å². The molecule has 0 bridgehead atoms. The zero-order chi connectivity index (χ0) is 12.3. The normalized spacial score (nSPS) is 10.2. The lowest BCUT2D eigenvalue weighted by Crippen LogP contribution is -2.00. The molecular formula is C11H9ClN2O3. The summed E-state index contributed by atoms with van der Waals surface area (Å²) < 4.78 is 9.60. The number of benzene rings is 1. The van der Waals surface area contributed by atoms with Gasteiger partial charge in [-0.2, -0.15) is 4.98 Å². The number of hydrogen-bond acceptors (Lipinski definition) is 5. The molecule has 0 spiro atoms. The van der Waals surface area contributed by atoms with Crippen LogP contribution in [0, 0.1) is 0 Å². The summed E-state index contributed by atoms with van der Waals surface area (Å²) >= 11 is 5.57. The third-order valence-electron chi connectivity index (χ3n) is 2.14. The molecule has 5 nitrogen and oxygen atoms in total. The summed E-state index contributed by atoms with van der Waals surface area (Å²) in [6, 6.07) is 6.67. The maximum Gasteiger partial charge on any atom is 0.337 e. The smallest absolute Gasteiger partial charge is 0.337 e. The highest BCUT2D eigenvalue weighted by molar-refractivity contribution is 6.16. The van der Waals surface area contributed by atoms with E-state index in [9.17, 15) is 4.79 Å². The van der Waals surface area contributed by atoms with E-state index in [-0.39, 0.29) is 11.8 Å². The van der Waals surface area contributed by atoms with Gasteiger partial charge in [-0.3, -0.25) is 0 Å². The summed E-state index contributed by atoms with van der Waals surface area (Å²) in [5.74, 6) is 0.614. The molecule has 0 saturated carbocycles. The molecule has 0 aliphatic heterocycles. The average Bonchev–Trinajstić information content (AvgIpc) is 2.87. The number of ether oxygens (including phenoxy) is 1. The summed E-state index contributed by atoms with van der Waals surface area (Å²) in [5, 5.41) is 3.68. The van der Waals surface area contributed by atoms with E-state index in [1.807, 2.05) is 0 Å². The largest absolute Gasteiger partial charge is 0.465 e. The predicted molar refractivity (Wildman–Crippen MR) is 60.6 cm³/mol. The number of alkyl halides is 1. The summed E-state index contributed by atoms with van der Waals surface area (Å²) in [7, 11) is 1.33. The Balaban J connectivity index is 2.25. The second-order valence-electron chi connectivity index (χ2n) is 3.22. The zero-order valence-corrected chi connectivity index (χ0v) is 9.77. The van der Waals surface area contributed by atoms with Gasteiger partial charge in [0.1, 0.15) is 0 Å². The van der Waals surface area contributed by atoms with Gasteiger partial charge >= 0.3 is 5.97 Å². The first-order valence-corrected chi connectivity index (χ1v) is 5.35. The lowest BCUT2D eigenvalue weighted by Gasteiger charge is -1.99. The zero-order valence-electron chi connectivity index (χ0n) is 9.01. The third kappa shape index (κ3) is 2.45. The highest BCUT2D eigenvalue weighted by atomic mass is 35.5. The first kappa shape index (κ1) is 11.6. The molecule has 0 fully saturated rings. The fraction of sp³-hybridized carbons (Fsp3) is 0.182. The van der Waals surface area contributed by atoms with Gasteiger partial charge in [-0.05, 0) is 24.3 Å². The van der Waals surface area contributed by atoms with E-state index >= 15 is 0 Å². The standard InChI is InChI=1S/C11H9ClN2O3/c1-16-11(15)8-4-2-7(3-5-8)10-13-9(6-12)14-17-10/h2-5H,6H2,1H3. The fourth-order valence-electron chi connectivity index (χ4n) is 1.29. The average molecular weight is 253 g/mol. The molecule has 1 heterocycles. The highest BCUT2D eigenvalue weighted by Crippen LogP contribution is 2.18. The van der Waals surface area contributed by atoms with Crippen LogP contribution in [0.25, 0.3) is 11.5 Å². The van der Waals surface area contributed by atoms with Crippen LogP contribution < -0.4 is 0 Å². The van der Waals surface area contributed by atoms with E-state index in [0.29, 0.717) is 17.3 Å². The Bertz CT molecular complexity index is 522. The molecule has 0 amide bonds. The molecular weight excluding hydrogens is 244 g/mol. The van der Waals surface area contributed by atoms with E-state index in [2.05, 4.69) is 14.9 Å². The Morgan fingerprint density at radius 3 is 2.65 bits per heavy atom. The van der Waals surface area contributed by atoms with E-state index in [1.54, 1.807) is 24.3 Å². The van der Waals surface area contributed by atoms with Gasteiger partial charge in [0.05, 0.1) is 18.6 Å². The van der Waals surface area contributed by atoms with Crippen molar-refractivity contribution < 1.29 is 14.1 Å². The van der Waals surface area contributed by atoms with Gasteiger partial charge in [0, 0.05) is 5.56 Å². The Morgan fingerprint density at radius 2 is 2.12 bits per heavy atom. The number of hydrogen-bond donors (Lipinski definition) is 0. The van der Waals surface area contributed by atoms with Gasteiger partial charge in [0.2, 0.25) is 0 Å². The molecule has 0 N–H and O–H groups in total. The number of carbonyl (C=O) groups is 1. The van der Waals surface area contributed by atoms with Crippen LogP contribution in [-0.2, 0) is 10.6 Å². The third-order valence-corrected chi connectivity index (χ3v) is 2.38. The maximum atomic E-state index is 11.2. The first-order chi connectivity index (χ1) is 8.24. The van der Waals surface area contributed by atoms with Crippen molar-refractivity contribution in [2.45, 2.75) is 5.88 Å². The number of esters is 1. The van der Waals surface area contributed by atoms with E-state index in [0.717, 1.165) is 5.56 Å². The molecule has 2 rings (SSSR count). The Kier molecular flexibility index (Phi) is 3.39. The SMILES string of the molecule is COC(=O)c1ccc(-c2nc(CCl)no2)cc1. The Morgan fingerprint density at radius 1 is 1.41 bits per heavy atom. The van der Waals surface area contributed by atoms with Crippen molar-refractivity contribution in [1.82, 2.24) is 10.1 Å².